The number of para-hydroxylation sites is 1. The summed E-state index contributed by atoms with van der Waals surface area (Å²) in [6, 6.07) is 3.46. The molecule has 0 spiro atoms. The van der Waals surface area contributed by atoms with E-state index in [4.69, 9.17) is 10.8 Å². The minimum atomic E-state index is -1.10. The lowest BCUT2D eigenvalue weighted by Crippen LogP contribution is -2.41. The highest BCUT2D eigenvalue weighted by molar-refractivity contribution is 5.77. The second kappa shape index (κ2) is 3.38. The molecule has 0 aliphatic heterocycles. The van der Waals surface area contributed by atoms with Crippen molar-refractivity contribution in [1.29, 1.82) is 0 Å². The molecule has 0 saturated heterocycles. The number of hydrogen-bond acceptors (Lipinski definition) is 4. The standard InChI is InChI=1S/C11H13NO4/c12-9(10(15)16)11(4-5-11)6-2-1-3-7(13)8(6)14/h1-3,9,13-14H,4-5,12H2,(H,15,16). The van der Waals surface area contributed by atoms with Crippen LogP contribution in [0.3, 0.4) is 0 Å². The molecule has 5 nitrogen and oxygen atoms in total. The Balaban J connectivity index is 2.45. The number of aliphatic carboxylic acids is 1. The van der Waals surface area contributed by atoms with Gasteiger partial charge in [-0.05, 0) is 18.9 Å². The molecule has 1 unspecified atom stereocenters. The van der Waals surface area contributed by atoms with Crippen LogP contribution in [0.2, 0.25) is 0 Å². The van der Waals surface area contributed by atoms with Gasteiger partial charge >= 0.3 is 5.97 Å². The number of aromatic hydroxyl groups is 2. The van der Waals surface area contributed by atoms with Gasteiger partial charge in [0.2, 0.25) is 0 Å². The SMILES string of the molecule is NC(C(=O)O)C1(c2cccc(O)c2O)CC1. The van der Waals surface area contributed by atoms with Crippen LogP contribution in [-0.4, -0.2) is 27.3 Å². The van der Waals surface area contributed by atoms with E-state index in [0.29, 0.717) is 18.4 Å². The molecular weight excluding hydrogens is 210 g/mol. The second-order valence-corrected chi connectivity index (χ2v) is 4.15. The summed E-state index contributed by atoms with van der Waals surface area (Å²) in [6.07, 6.45) is 1.22. The van der Waals surface area contributed by atoms with Crippen LogP contribution in [0.4, 0.5) is 0 Å². The first-order chi connectivity index (χ1) is 7.49. The number of carbonyl (C=O) groups is 1. The Labute approximate surface area is 92.1 Å². The largest absolute Gasteiger partial charge is 0.504 e. The number of hydrogen-bond donors (Lipinski definition) is 4. The smallest absolute Gasteiger partial charge is 0.321 e. The molecule has 0 aromatic heterocycles. The van der Waals surface area contributed by atoms with Crippen LogP contribution in [0.5, 0.6) is 11.5 Å². The summed E-state index contributed by atoms with van der Waals surface area (Å²) in [6.45, 7) is 0. The van der Waals surface area contributed by atoms with E-state index in [1.54, 1.807) is 12.1 Å². The van der Waals surface area contributed by atoms with Crippen molar-refractivity contribution in [2.45, 2.75) is 24.3 Å². The zero-order valence-electron chi connectivity index (χ0n) is 8.55. The molecule has 5 N–H and O–H groups in total. The van der Waals surface area contributed by atoms with E-state index in [2.05, 4.69) is 0 Å². The lowest BCUT2D eigenvalue weighted by Gasteiger charge is -2.21. The van der Waals surface area contributed by atoms with Crippen molar-refractivity contribution in [2.24, 2.45) is 5.73 Å². The third-order valence-electron chi connectivity index (χ3n) is 3.20. The lowest BCUT2D eigenvalue weighted by atomic mass is 9.87. The Kier molecular flexibility index (Phi) is 2.27. The van der Waals surface area contributed by atoms with Crippen LogP contribution < -0.4 is 5.73 Å². The van der Waals surface area contributed by atoms with Gasteiger partial charge in [0.25, 0.3) is 0 Å². The zero-order valence-corrected chi connectivity index (χ0v) is 8.55. The Bertz CT molecular complexity index is 440. The Hall–Kier alpha value is -1.75. The molecule has 1 aliphatic rings. The lowest BCUT2D eigenvalue weighted by molar-refractivity contribution is -0.139. The summed E-state index contributed by atoms with van der Waals surface area (Å²) in [5.41, 5.74) is 5.31. The van der Waals surface area contributed by atoms with E-state index in [1.165, 1.54) is 6.07 Å². The molecule has 1 aromatic carbocycles. The van der Waals surface area contributed by atoms with Crippen molar-refractivity contribution in [3.63, 3.8) is 0 Å². The normalized spacial score (nSPS) is 19.1. The quantitative estimate of drug-likeness (QED) is 0.560. The van der Waals surface area contributed by atoms with Crippen molar-refractivity contribution in [2.75, 3.05) is 0 Å². The summed E-state index contributed by atoms with van der Waals surface area (Å²) in [5, 5.41) is 28.0. The average molecular weight is 223 g/mol. The van der Waals surface area contributed by atoms with Gasteiger partial charge in [-0.3, -0.25) is 4.79 Å². The number of nitrogens with two attached hydrogens (primary N) is 1. The van der Waals surface area contributed by atoms with Crippen LogP contribution in [-0.2, 0) is 10.2 Å². The maximum absolute atomic E-state index is 10.9. The molecule has 0 amide bonds. The van der Waals surface area contributed by atoms with Crippen molar-refractivity contribution < 1.29 is 20.1 Å². The molecule has 0 radical (unpaired) electrons. The average Bonchev–Trinajstić information content (AvgIpc) is 3.02. The number of benzene rings is 1. The molecule has 0 heterocycles. The van der Waals surface area contributed by atoms with E-state index in [1.807, 2.05) is 0 Å². The van der Waals surface area contributed by atoms with E-state index in [9.17, 15) is 15.0 Å². The highest BCUT2D eigenvalue weighted by Crippen LogP contribution is 2.54. The molecule has 1 atom stereocenters. The molecule has 16 heavy (non-hydrogen) atoms. The first-order valence-corrected chi connectivity index (χ1v) is 4.99. The molecule has 0 bridgehead atoms. The van der Waals surface area contributed by atoms with Crippen molar-refractivity contribution in [1.82, 2.24) is 0 Å². The minimum Gasteiger partial charge on any atom is -0.504 e. The van der Waals surface area contributed by atoms with E-state index >= 15 is 0 Å². The van der Waals surface area contributed by atoms with Crippen LogP contribution in [0.25, 0.3) is 0 Å². The van der Waals surface area contributed by atoms with Gasteiger partial charge in [0.1, 0.15) is 6.04 Å². The van der Waals surface area contributed by atoms with Crippen LogP contribution >= 0.6 is 0 Å². The Morgan fingerprint density at radius 1 is 1.38 bits per heavy atom. The number of phenols is 2. The molecule has 1 aromatic rings. The highest BCUT2D eigenvalue weighted by Gasteiger charge is 2.53. The van der Waals surface area contributed by atoms with E-state index < -0.39 is 17.4 Å². The molecule has 1 saturated carbocycles. The molecule has 1 fully saturated rings. The summed E-state index contributed by atoms with van der Waals surface area (Å²) in [5.74, 6) is -1.61. The molecule has 1 aliphatic carbocycles. The summed E-state index contributed by atoms with van der Waals surface area (Å²) in [7, 11) is 0. The third-order valence-corrected chi connectivity index (χ3v) is 3.20. The first-order valence-electron chi connectivity index (χ1n) is 4.99. The van der Waals surface area contributed by atoms with Gasteiger partial charge in [0.05, 0.1) is 0 Å². The van der Waals surface area contributed by atoms with Crippen molar-refractivity contribution in [3.8, 4) is 11.5 Å². The van der Waals surface area contributed by atoms with E-state index in [0.717, 1.165) is 0 Å². The van der Waals surface area contributed by atoms with Crippen LogP contribution in [0.1, 0.15) is 18.4 Å². The van der Waals surface area contributed by atoms with Gasteiger partial charge in [0, 0.05) is 11.0 Å². The fraction of sp³-hybridized carbons (Fsp3) is 0.364. The predicted octanol–water partition coefficient (Wildman–Crippen LogP) is 0.541. The maximum atomic E-state index is 10.9. The molecular formula is C11H13NO4. The number of rotatable bonds is 3. The summed E-state index contributed by atoms with van der Waals surface area (Å²) in [4.78, 5) is 10.9. The molecule has 86 valence electrons. The van der Waals surface area contributed by atoms with Gasteiger partial charge < -0.3 is 21.1 Å². The summed E-state index contributed by atoms with van der Waals surface area (Å²) >= 11 is 0. The monoisotopic (exact) mass is 223 g/mol. The van der Waals surface area contributed by atoms with Gasteiger partial charge in [0.15, 0.2) is 11.5 Å². The van der Waals surface area contributed by atoms with Crippen molar-refractivity contribution >= 4 is 5.97 Å². The second-order valence-electron chi connectivity index (χ2n) is 4.15. The first kappa shape index (κ1) is 10.8. The Morgan fingerprint density at radius 2 is 2.00 bits per heavy atom. The van der Waals surface area contributed by atoms with Crippen LogP contribution in [0.15, 0.2) is 18.2 Å². The number of carboxylic acids is 1. The van der Waals surface area contributed by atoms with Gasteiger partial charge in [-0.1, -0.05) is 12.1 Å². The third kappa shape index (κ3) is 1.40. The van der Waals surface area contributed by atoms with Gasteiger partial charge in [-0.25, -0.2) is 0 Å². The number of phenolic OH excluding ortho intramolecular Hbond substituents is 2. The maximum Gasteiger partial charge on any atom is 0.321 e. The topological polar surface area (TPSA) is 104 Å². The number of carboxylic acid groups (broad SMARTS) is 1. The fourth-order valence-corrected chi connectivity index (χ4v) is 2.05. The van der Waals surface area contributed by atoms with E-state index in [-0.39, 0.29) is 11.5 Å². The minimum absolute atomic E-state index is 0.249. The molecule has 2 rings (SSSR count). The van der Waals surface area contributed by atoms with Crippen molar-refractivity contribution in [3.05, 3.63) is 23.8 Å². The zero-order chi connectivity index (χ0) is 11.9. The van der Waals surface area contributed by atoms with Gasteiger partial charge in [-0.15, -0.1) is 0 Å². The van der Waals surface area contributed by atoms with Crippen LogP contribution in [0, 0.1) is 0 Å². The summed E-state index contributed by atoms with van der Waals surface area (Å²) < 4.78 is 0. The molecule has 5 heteroatoms. The highest BCUT2D eigenvalue weighted by atomic mass is 16.4. The predicted molar refractivity (Wildman–Crippen MR) is 56.3 cm³/mol. The Morgan fingerprint density at radius 3 is 2.50 bits per heavy atom. The van der Waals surface area contributed by atoms with Gasteiger partial charge in [-0.2, -0.15) is 0 Å². The fourth-order valence-electron chi connectivity index (χ4n) is 2.05.